The predicted molar refractivity (Wildman–Crippen MR) is 88.1 cm³/mol. The zero-order valence-corrected chi connectivity index (χ0v) is 13.5. The lowest BCUT2D eigenvalue weighted by molar-refractivity contribution is -0.121. The third-order valence-electron chi connectivity index (χ3n) is 4.05. The number of carbonyl (C=O) groups excluding carboxylic acids is 1. The van der Waals surface area contributed by atoms with Crippen LogP contribution in [0.4, 0.5) is 0 Å². The Morgan fingerprint density at radius 2 is 2.09 bits per heavy atom. The third kappa shape index (κ3) is 3.09. The number of carbonyl (C=O) groups is 1. The van der Waals surface area contributed by atoms with E-state index in [1.165, 1.54) is 16.2 Å². The number of aliphatic hydroxyl groups is 1. The molecule has 0 bridgehead atoms. The molecule has 0 unspecified atom stereocenters. The molecule has 124 valence electrons. The van der Waals surface area contributed by atoms with E-state index in [1.54, 1.807) is 0 Å². The molecule has 8 heteroatoms. The summed E-state index contributed by atoms with van der Waals surface area (Å²) in [6, 6.07) is 0. The van der Waals surface area contributed by atoms with Crippen molar-refractivity contribution in [1.29, 1.82) is 0 Å². The minimum Gasteiger partial charge on any atom is -0.396 e. The van der Waals surface area contributed by atoms with Gasteiger partial charge in [-0.3, -0.25) is 19.1 Å². The normalized spacial score (nSPS) is 14.0. The molecular formula is C15H19N3O4S. The molecule has 0 saturated carbocycles. The molecule has 0 radical (unpaired) electrons. The largest absolute Gasteiger partial charge is 0.396 e. The Bertz CT molecular complexity index is 849. The molecule has 1 amide bonds. The summed E-state index contributed by atoms with van der Waals surface area (Å²) in [6.45, 7) is -0.00789. The minimum atomic E-state index is -0.557. The number of aliphatic hydroxyl groups excluding tert-OH is 1. The van der Waals surface area contributed by atoms with E-state index in [4.69, 9.17) is 5.11 Å². The number of H-pyrrole nitrogens is 1. The highest BCUT2D eigenvalue weighted by Gasteiger charge is 2.21. The van der Waals surface area contributed by atoms with Gasteiger partial charge < -0.3 is 10.4 Å². The Hall–Kier alpha value is -1.93. The number of nitrogens with one attached hydrogen (secondary N) is 2. The zero-order chi connectivity index (χ0) is 16.4. The smallest absolute Gasteiger partial charge is 0.329 e. The molecule has 2 aromatic heterocycles. The fraction of sp³-hybridized carbons (Fsp3) is 0.533. The average molecular weight is 337 g/mol. The van der Waals surface area contributed by atoms with Gasteiger partial charge in [-0.2, -0.15) is 0 Å². The summed E-state index contributed by atoms with van der Waals surface area (Å²) in [6.07, 6.45) is 4.37. The van der Waals surface area contributed by atoms with Gasteiger partial charge in [0.25, 0.3) is 5.56 Å². The van der Waals surface area contributed by atoms with Crippen LogP contribution in [0.5, 0.6) is 0 Å². The van der Waals surface area contributed by atoms with E-state index < -0.39 is 11.6 Å². The number of fused-ring (bicyclic) bond motifs is 3. The van der Waals surface area contributed by atoms with Crippen molar-refractivity contribution in [2.45, 2.75) is 38.6 Å². The van der Waals surface area contributed by atoms with Gasteiger partial charge in [-0.15, -0.1) is 11.3 Å². The molecule has 0 fully saturated rings. The summed E-state index contributed by atoms with van der Waals surface area (Å²) in [4.78, 5) is 41.2. The van der Waals surface area contributed by atoms with E-state index in [-0.39, 0.29) is 18.7 Å². The van der Waals surface area contributed by atoms with Crippen molar-refractivity contribution in [2.24, 2.45) is 0 Å². The van der Waals surface area contributed by atoms with Gasteiger partial charge in [0.1, 0.15) is 11.4 Å². The van der Waals surface area contributed by atoms with Crippen molar-refractivity contribution in [2.75, 3.05) is 13.2 Å². The Kier molecular flexibility index (Phi) is 4.63. The van der Waals surface area contributed by atoms with E-state index in [9.17, 15) is 14.4 Å². The van der Waals surface area contributed by atoms with Gasteiger partial charge in [0, 0.05) is 18.0 Å². The van der Waals surface area contributed by atoms with Crippen LogP contribution in [-0.4, -0.2) is 33.7 Å². The predicted octanol–water partition coefficient (Wildman–Crippen LogP) is 0.129. The van der Waals surface area contributed by atoms with Crippen molar-refractivity contribution in [3.8, 4) is 0 Å². The van der Waals surface area contributed by atoms with E-state index in [0.29, 0.717) is 23.2 Å². The molecule has 3 N–H and O–H groups in total. The van der Waals surface area contributed by atoms with Gasteiger partial charge in [0.05, 0.1) is 5.39 Å². The number of hydrogen-bond acceptors (Lipinski definition) is 5. The first-order valence-electron chi connectivity index (χ1n) is 7.76. The van der Waals surface area contributed by atoms with Crippen LogP contribution in [-0.2, 0) is 24.2 Å². The molecule has 1 aliphatic carbocycles. The molecule has 0 atom stereocenters. The number of hydrogen-bond donors (Lipinski definition) is 3. The Morgan fingerprint density at radius 3 is 2.87 bits per heavy atom. The first-order chi connectivity index (χ1) is 11.1. The van der Waals surface area contributed by atoms with Crippen molar-refractivity contribution in [3.63, 3.8) is 0 Å². The maximum atomic E-state index is 12.7. The van der Waals surface area contributed by atoms with E-state index >= 15 is 0 Å². The molecular weight excluding hydrogens is 318 g/mol. The summed E-state index contributed by atoms with van der Waals surface area (Å²) >= 11 is 1.48. The molecule has 2 aromatic rings. The molecule has 23 heavy (non-hydrogen) atoms. The Labute approximate surface area is 136 Å². The summed E-state index contributed by atoms with van der Waals surface area (Å²) < 4.78 is 0.957. The SMILES string of the molecule is O=C(Cn1c(=O)[nH]c2sc3c(c2c1=O)CCCC3)NCCCO. The highest BCUT2D eigenvalue weighted by Crippen LogP contribution is 2.32. The van der Waals surface area contributed by atoms with Gasteiger partial charge in [-0.05, 0) is 37.7 Å². The number of amides is 1. The summed E-state index contributed by atoms with van der Waals surface area (Å²) in [7, 11) is 0. The molecule has 1 aliphatic rings. The minimum absolute atomic E-state index is 0.0200. The van der Waals surface area contributed by atoms with Gasteiger partial charge in [-0.1, -0.05) is 0 Å². The lowest BCUT2D eigenvalue weighted by atomic mass is 9.97. The third-order valence-corrected chi connectivity index (χ3v) is 5.26. The molecule has 0 saturated heterocycles. The van der Waals surface area contributed by atoms with Crippen LogP contribution in [0, 0.1) is 0 Å². The van der Waals surface area contributed by atoms with E-state index in [0.717, 1.165) is 35.8 Å². The first kappa shape index (κ1) is 15.9. The van der Waals surface area contributed by atoms with Crippen LogP contribution in [0.15, 0.2) is 9.59 Å². The Morgan fingerprint density at radius 1 is 1.30 bits per heavy atom. The molecule has 0 aliphatic heterocycles. The molecule has 2 heterocycles. The monoisotopic (exact) mass is 337 g/mol. The van der Waals surface area contributed by atoms with Crippen molar-refractivity contribution < 1.29 is 9.90 Å². The molecule has 7 nitrogen and oxygen atoms in total. The van der Waals surface area contributed by atoms with Crippen LogP contribution in [0.3, 0.4) is 0 Å². The number of aryl methyl sites for hydroxylation is 2. The number of aromatic nitrogens is 2. The number of aromatic amines is 1. The second-order valence-corrected chi connectivity index (χ2v) is 6.77. The van der Waals surface area contributed by atoms with Gasteiger partial charge in [0.15, 0.2) is 0 Å². The van der Waals surface area contributed by atoms with E-state index in [2.05, 4.69) is 10.3 Å². The summed E-state index contributed by atoms with van der Waals surface area (Å²) in [5.41, 5.74) is 0.0887. The average Bonchev–Trinajstić information content (AvgIpc) is 2.89. The van der Waals surface area contributed by atoms with E-state index in [1.807, 2.05) is 0 Å². The summed E-state index contributed by atoms with van der Waals surface area (Å²) in [5, 5.41) is 11.8. The van der Waals surface area contributed by atoms with Crippen LogP contribution in [0.2, 0.25) is 0 Å². The van der Waals surface area contributed by atoms with Gasteiger partial charge in [0.2, 0.25) is 5.91 Å². The maximum Gasteiger partial charge on any atom is 0.329 e. The molecule has 3 rings (SSSR count). The van der Waals surface area contributed by atoms with Crippen molar-refractivity contribution in [3.05, 3.63) is 31.3 Å². The lowest BCUT2D eigenvalue weighted by Crippen LogP contribution is -2.40. The maximum absolute atomic E-state index is 12.7. The van der Waals surface area contributed by atoms with Gasteiger partial charge >= 0.3 is 5.69 Å². The highest BCUT2D eigenvalue weighted by atomic mass is 32.1. The highest BCUT2D eigenvalue weighted by molar-refractivity contribution is 7.18. The van der Waals surface area contributed by atoms with Crippen molar-refractivity contribution in [1.82, 2.24) is 14.9 Å². The van der Waals surface area contributed by atoms with Crippen LogP contribution >= 0.6 is 11.3 Å². The van der Waals surface area contributed by atoms with Crippen LogP contribution < -0.4 is 16.6 Å². The molecule has 0 spiro atoms. The van der Waals surface area contributed by atoms with Crippen LogP contribution in [0.25, 0.3) is 10.2 Å². The lowest BCUT2D eigenvalue weighted by Gasteiger charge is -2.10. The summed E-state index contributed by atoms with van der Waals surface area (Å²) in [5.74, 6) is -0.408. The van der Waals surface area contributed by atoms with Crippen LogP contribution in [0.1, 0.15) is 29.7 Å². The zero-order valence-electron chi connectivity index (χ0n) is 12.7. The quantitative estimate of drug-likeness (QED) is 0.675. The first-order valence-corrected chi connectivity index (χ1v) is 8.58. The van der Waals surface area contributed by atoms with Crippen molar-refractivity contribution >= 4 is 27.5 Å². The second kappa shape index (κ2) is 6.67. The fourth-order valence-electron chi connectivity index (χ4n) is 2.92. The van der Waals surface area contributed by atoms with Gasteiger partial charge in [-0.25, -0.2) is 4.79 Å². The Balaban J connectivity index is 1.96. The standard InChI is InChI=1S/C15H19N3O4S/c19-7-3-6-16-11(20)8-18-14(21)12-9-4-1-2-5-10(9)23-13(12)17-15(18)22/h19H,1-8H2,(H,16,20)(H,17,22). The topological polar surface area (TPSA) is 104 Å². The second-order valence-electron chi connectivity index (χ2n) is 5.66. The number of rotatable bonds is 5. The number of thiophene rings is 1. The fourth-order valence-corrected chi connectivity index (χ4v) is 4.19. The number of nitrogens with zero attached hydrogens (tertiary/aromatic N) is 1. The molecule has 0 aromatic carbocycles.